The average Bonchev–Trinajstić information content (AvgIpc) is 2.38. The van der Waals surface area contributed by atoms with Crippen molar-refractivity contribution in [3.05, 3.63) is 39.1 Å². The number of hydrazine groups is 1. The highest BCUT2D eigenvalue weighted by atomic mass is 35.5. The fourth-order valence-electron chi connectivity index (χ4n) is 1.62. The summed E-state index contributed by atoms with van der Waals surface area (Å²) in [5.41, 5.74) is 1.91. The molecule has 0 unspecified atom stereocenters. The second kappa shape index (κ2) is 4.67. The van der Waals surface area contributed by atoms with Crippen LogP contribution in [0, 0.1) is 0 Å². The molecule has 2 rings (SSSR count). The van der Waals surface area contributed by atoms with Gasteiger partial charge in [-0.15, -0.1) is 0 Å². The number of ether oxygens (including phenoxy) is 1. The first-order chi connectivity index (χ1) is 8.58. The molecule has 7 heteroatoms. The van der Waals surface area contributed by atoms with E-state index in [4.69, 9.17) is 22.2 Å². The van der Waals surface area contributed by atoms with Gasteiger partial charge in [0.2, 0.25) is 5.43 Å². The SMILES string of the molecule is COc1cc2c(=O)c(C(=O)NN)c[nH]c2cc1Cl. The van der Waals surface area contributed by atoms with E-state index >= 15 is 0 Å². The molecule has 0 bridgehead atoms. The Hall–Kier alpha value is -2.05. The number of methoxy groups -OCH3 is 1. The maximum Gasteiger partial charge on any atom is 0.270 e. The highest BCUT2D eigenvalue weighted by molar-refractivity contribution is 6.32. The minimum absolute atomic E-state index is 0.0747. The van der Waals surface area contributed by atoms with Gasteiger partial charge in [0.25, 0.3) is 5.91 Å². The molecule has 94 valence electrons. The number of hydrogen-bond acceptors (Lipinski definition) is 4. The van der Waals surface area contributed by atoms with Gasteiger partial charge < -0.3 is 9.72 Å². The first kappa shape index (κ1) is 12.4. The summed E-state index contributed by atoms with van der Waals surface area (Å²) in [7, 11) is 1.44. The maximum absolute atomic E-state index is 12.1. The van der Waals surface area contributed by atoms with Crippen molar-refractivity contribution < 1.29 is 9.53 Å². The van der Waals surface area contributed by atoms with E-state index in [1.807, 2.05) is 5.43 Å². The van der Waals surface area contributed by atoms with Gasteiger partial charge >= 0.3 is 0 Å². The fraction of sp³-hybridized carbons (Fsp3) is 0.0909. The molecule has 0 saturated heterocycles. The van der Waals surface area contributed by atoms with Crippen LogP contribution in [0.15, 0.2) is 23.1 Å². The Labute approximate surface area is 107 Å². The molecule has 0 radical (unpaired) electrons. The largest absolute Gasteiger partial charge is 0.495 e. The van der Waals surface area contributed by atoms with E-state index in [9.17, 15) is 9.59 Å². The summed E-state index contributed by atoms with van der Waals surface area (Å²) in [4.78, 5) is 26.3. The van der Waals surface area contributed by atoms with E-state index in [0.29, 0.717) is 21.7 Å². The molecular formula is C11H10ClN3O3. The van der Waals surface area contributed by atoms with Gasteiger partial charge in [0.15, 0.2) is 0 Å². The van der Waals surface area contributed by atoms with Gasteiger partial charge in [0, 0.05) is 6.20 Å². The van der Waals surface area contributed by atoms with Gasteiger partial charge in [-0.2, -0.15) is 0 Å². The van der Waals surface area contributed by atoms with Crippen molar-refractivity contribution in [1.29, 1.82) is 0 Å². The lowest BCUT2D eigenvalue weighted by molar-refractivity contribution is 0.0952. The van der Waals surface area contributed by atoms with E-state index in [0.717, 1.165) is 0 Å². The van der Waals surface area contributed by atoms with E-state index in [1.54, 1.807) is 6.07 Å². The summed E-state index contributed by atoms with van der Waals surface area (Å²) in [6.45, 7) is 0. The molecule has 1 amide bonds. The van der Waals surface area contributed by atoms with E-state index in [1.165, 1.54) is 19.4 Å². The number of benzene rings is 1. The van der Waals surface area contributed by atoms with Gasteiger partial charge in [-0.1, -0.05) is 11.6 Å². The van der Waals surface area contributed by atoms with E-state index in [2.05, 4.69) is 4.98 Å². The van der Waals surface area contributed by atoms with E-state index in [-0.39, 0.29) is 5.56 Å². The van der Waals surface area contributed by atoms with Crippen molar-refractivity contribution in [2.75, 3.05) is 7.11 Å². The zero-order chi connectivity index (χ0) is 13.3. The Balaban J connectivity index is 2.77. The molecule has 0 aliphatic heterocycles. The van der Waals surface area contributed by atoms with E-state index < -0.39 is 11.3 Å². The molecule has 1 aromatic carbocycles. The van der Waals surface area contributed by atoms with Crippen LogP contribution in [0.1, 0.15) is 10.4 Å². The van der Waals surface area contributed by atoms with Crippen LogP contribution >= 0.6 is 11.6 Å². The summed E-state index contributed by atoms with van der Waals surface area (Å²) in [6.07, 6.45) is 1.29. The lowest BCUT2D eigenvalue weighted by atomic mass is 10.1. The van der Waals surface area contributed by atoms with Crippen molar-refractivity contribution >= 4 is 28.4 Å². The summed E-state index contributed by atoms with van der Waals surface area (Å²) in [5, 5.41) is 0.675. The zero-order valence-electron chi connectivity index (χ0n) is 9.41. The number of carbonyl (C=O) groups is 1. The van der Waals surface area contributed by atoms with Crippen molar-refractivity contribution in [3.8, 4) is 5.75 Å². The number of nitrogen functional groups attached to an aromatic ring is 1. The first-order valence-electron chi connectivity index (χ1n) is 4.98. The monoisotopic (exact) mass is 267 g/mol. The quantitative estimate of drug-likeness (QED) is 0.426. The van der Waals surface area contributed by atoms with Crippen LogP contribution in [0.5, 0.6) is 5.75 Å². The van der Waals surface area contributed by atoms with Crippen LogP contribution in [-0.2, 0) is 0 Å². The molecule has 18 heavy (non-hydrogen) atoms. The van der Waals surface area contributed by atoms with Crippen molar-refractivity contribution in [3.63, 3.8) is 0 Å². The molecule has 1 aromatic heterocycles. The number of fused-ring (bicyclic) bond motifs is 1. The molecule has 0 fully saturated rings. The van der Waals surface area contributed by atoms with Gasteiger partial charge in [-0.25, -0.2) is 5.84 Å². The summed E-state index contributed by atoms with van der Waals surface area (Å²) < 4.78 is 5.02. The number of nitrogens with one attached hydrogen (secondary N) is 2. The number of halogens is 1. The number of rotatable bonds is 2. The lowest BCUT2D eigenvalue weighted by Gasteiger charge is -2.06. The lowest BCUT2D eigenvalue weighted by Crippen LogP contribution is -2.33. The second-order valence-electron chi connectivity index (χ2n) is 3.54. The molecule has 0 spiro atoms. The topological polar surface area (TPSA) is 97.2 Å². The molecule has 0 aliphatic carbocycles. The fourth-order valence-corrected chi connectivity index (χ4v) is 1.86. The number of amides is 1. The van der Waals surface area contributed by atoms with Crippen LogP contribution in [0.3, 0.4) is 0 Å². The Morgan fingerprint density at radius 1 is 1.50 bits per heavy atom. The third-order valence-electron chi connectivity index (χ3n) is 2.53. The maximum atomic E-state index is 12.1. The standard InChI is InChI=1S/C11H10ClN3O3/c1-18-9-2-5-8(3-7(9)12)14-4-6(10(5)16)11(17)15-13/h2-4H,13H2,1H3,(H,14,16)(H,15,17). The minimum Gasteiger partial charge on any atom is -0.495 e. The summed E-state index contributed by atoms with van der Waals surface area (Å²) in [6, 6.07) is 3.03. The van der Waals surface area contributed by atoms with Gasteiger partial charge in [0.1, 0.15) is 11.3 Å². The predicted octanol–water partition coefficient (Wildman–Crippen LogP) is 0.794. The predicted molar refractivity (Wildman–Crippen MR) is 67.8 cm³/mol. The first-order valence-corrected chi connectivity index (χ1v) is 5.36. The van der Waals surface area contributed by atoms with Crippen LogP contribution in [0.25, 0.3) is 10.9 Å². The number of aromatic nitrogens is 1. The molecule has 4 N–H and O–H groups in total. The number of nitrogens with two attached hydrogens (primary N) is 1. The van der Waals surface area contributed by atoms with Crippen molar-refractivity contribution in [2.24, 2.45) is 5.84 Å². The number of H-pyrrole nitrogens is 1. The highest BCUT2D eigenvalue weighted by Crippen LogP contribution is 2.27. The van der Waals surface area contributed by atoms with Gasteiger partial charge in [0.05, 0.1) is 23.0 Å². The molecule has 1 heterocycles. The number of carbonyl (C=O) groups excluding carboxylic acids is 1. The van der Waals surface area contributed by atoms with Crippen molar-refractivity contribution in [2.45, 2.75) is 0 Å². The number of aromatic amines is 1. The minimum atomic E-state index is -0.660. The molecule has 0 atom stereocenters. The molecule has 0 aliphatic rings. The zero-order valence-corrected chi connectivity index (χ0v) is 10.2. The Morgan fingerprint density at radius 2 is 2.22 bits per heavy atom. The normalized spacial score (nSPS) is 10.4. The summed E-state index contributed by atoms with van der Waals surface area (Å²) >= 11 is 5.94. The van der Waals surface area contributed by atoms with Crippen LogP contribution < -0.4 is 21.4 Å². The van der Waals surface area contributed by atoms with Crippen molar-refractivity contribution in [1.82, 2.24) is 10.4 Å². The number of hydrogen-bond donors (Lipinski definition) is 3. The molecular weight excluding hydrogens is 258 g/mol. The van der Waals surface area contributed by atoms with Gasteiger partial charge in [-0.3, -0.25) is 15.0 Å². The summed E-state index contributed by atoms with van der Waals surface area (Å²) in [5.74, 6) is 4.70. The Bertz CT molecular complexity index is 681. The van der Waals surface area contributed by atoms with Crippen LogP contribution in [0.2, 0.25) is 5.02 Å². The van der Waals surface area contributed by atoms with Crippen LogP contribution in [0.4, 0.5) is 0 Å². The molecule has 2 aromatic rings. The highest BCUT2D eigenvalue weighted by Gasteiger charge is 2.13. The third-order valence-corrected chi connectivity index (χ3v) is 2.82. The smallest absolute Gasteiger partial charge is 0.270 e. The second-order valence-corrected chi connectivity index (χ2v) is 3.94. The molecule has 6 nitrogen and oxygen atoms in total. The Kier molecular flexibility index (Phi) is 3.22. The van der Waals surface area contributed by atoms with Gasteiger partial charge in [-0.05, 0) is 12.1 Å². The third kappa shape index (κ3) is 1.92. The van der Waals surface area contributed by atoms with Crippen LogP contribution in [-0.4, -0.2) is 18.0 Å². The Morgan fingerprint density at radius 3 is 2.83 bits per heavy atom. The average molecular weight is 268 g/mol. The number of pyridine rings is 1. The molecule has 0 saturated carbocycles.